The molecular weight excluding hydrogens is 234 g/mol. The molecule has 0 aliphatic heterocycles. The molecule has 2 rings (SSSR count). The lowest BCUT2D eigenvalue weighted by atomic mass is 10.2. The second kappa shape index (κ2) is 5.16. The van der Waals surface area contributed by atoms with Crippen LogP contribution in [0.15, 0.2) is 5.38 Å². The van der Waals surface area contributed by atoms with Crippen molar-refractivity contribution in [2.45, 2.75) is 39.8 Å². The first-order chi connectivity index (χ1) is 8.17. The number of aryl methyl sites for hydroxylation is 2. The summed E-state index contributed by atoms with van der Waals surface area (Å²) in [6.45, 7) is 7.14. The van der Waals surface area contributed by atoms with Crippen molar-refractivity contribution in [3.8, 4) is 0 Å². The van der Waals surface area contributed by atoms with Gasteiger partial charge >= 0.3 is 0 Å². The minimum absolute atomic E-state index is 0.166. The van der Waals surface area contributed by atoms with Gasteiger partial charge in [-0.15, -0.1) is 11.3 Å². The summed E-state index contributed by atoms with van der Waals surface area (Å²) in [6.07, 6.45) is 0.931. The van der Waals surface area contributed by atoms with Crippen LogP contribution >= 0.6 is 11.3 Å². The minimum atomic E-state index is 0.166. The number of aromatic nitrogens is 2. The highest BCUT2D eigenvalue weighted by Crippen LogP contribution is 2.20. The summed E-state index contributed by atoms with van der Waals surface area (Å²) >= 11 is 1.67. The van der Waals surface area contributed by atoms with Crippen LogP contribution in [0.4, 0.5) is 0 Å². The highest BCUT2D eigenvalue weighted by Gasteiger charge is 2.13. The third-order valence-corrected chi connectivity index (χ3v) is 4.04. The lowest BCUT2D eigenvalue weighted by molar-refractivity contribution is 0.238. The van der Waals surface area contributed by atoms with Gasteiger partial charge in [-0.25, -0.2) is 4.98 Å². The SMILES string of the molecule is CC[C@H](CO)NCc1c(C)nc2scc(C)n12. The number of fused-ring (bicyclic) bond motifs is 1. The molecule has 0 aliphatic carbocycles. The van der Waals surface area contributed by atoms with Gasteiger partial charge in [0.2, 0.25) is 0 Å². The van der Waals surface area contributed by atoms with E-state index in [9.17, 15) is 0 Å². The van der Waals surface area contributed by atoms with Crippen molar-refractivity contribution in [1.29, 1.82) is 0 Å². The average Bonchev–Trinajstić information content (AvgIpc) is 2.81. The smallest absolute Gasteiger partial charge is 0.194 e. The third kappa shape index (κ3) is 2.36. The molecule has 17 heavy (non-hydrogen) atoms. The maximum atomic E-state index is 9.17. The fourth-order valence-corrected chi connectivity index (χ4v) is 2.89. The van der Waals surface area contributed by atoms with Crippen LogP contribution in [0.2, 0.25) is 0 Å². The molecule has 0 saturated carbocycles. The Morgan fingerprint density at radius 3 is 2.94 bits per heavy atom. The molecule has 0 radical (unpaired) electrons. The largest absolute Gasteiger partial charge is 0.395 e. The molecule has 0 fully saturated rings. The van der Waals surface area contributed by atoms with Crippen molar-refractivity contribution in [2.75, 3.05) is 6.61 Å². The van der Waals surface area contributed by atoms with Crippen molar-refractivity contribution in [2.24, 2.45) is 0 Å². The van der Waals surface area contributed by atoms with Crippen molar-refractivity contribution >= 4 is 16.3 Å². The van der Waals surface area contributed by atoms with E-state index in [1.165, 1.54) is 11.4 Å². The number of aliphatic hydroxyl groups is 1. The summed E-state index contributed by atoms with van der Waals surface area (Å²) < 4.78 is 2.19. The summed E-state index contributed by atoms with van der Waals surface area (Å²) in [5.41, 5.74) is 3.49. The maximum Gasteiger partial charge on any atom is 0.194 e. The van der Waals surface area contributed by atoms with E-state index in [4.69, 9.17) is 5.11 Å². The van der Waals surface area contributed by atoms with E-state index < -0.39 is 0 Å². The van der Waals surface area contributed by atoms with Gasteiger partial charge in [0.05, 0.1) is 18.0 Å². The summed E-state index contributed by atoms with van der Waals surface area (Å²) in [5, 5.41) is 14.7. The Kier molecular flexibility index (Phi) is 3.81. The molecule has 4 nitrogen and oxygen atoms in total. The van der Waals surface area contributed by atoms with Crippen molar-refractivity contribution in [3.05, 3.63) is 22.5 Å². The van der Waals surface area contributed by atoms with Gasteiger partial charge in [-0.1, -0.05) is 6.92 Å². The number of thiazole rings is 1. The number of rotatable bonds is 5. The number of hydrogen-bond acceptors (Lipinski definition) is 4. The van der Waals surface area contributed by atoms with Crippen LogP contribution in [-0.4, -0.2) is 27.1 Å². The van der Waals surface area contributed by atoms with Crippen molar-refractivity contribution in [3.63, 3.8) is 0 Å². The molecular formula is C12H19N3OS. The van der Waals surface area contributed by atoms with Crippen LogP contribution in [0, 0.1) is 13.8 Å². The van der Waals surface area contributed by atoms with Gasteiger partial charge in [-0.05, 0) is 20.3 Å². The lowest BCUT2D eigenvalue weighted by Gasteiger charge is -2.14. The Labute approximate surface area is 105 Å². The van der Waals surface area contributed by atoms with Crippen LogP contribution < -0.4 is 5.32 Å². The quantitative estimate of drug-likeness (QED) is 0.855. The minimum Gasteiger partial charge on any atom is -0.395 e. The second-order valence-corrected chi connectivity index (χ2v) is 5.14. The van der Waals surface area contributed by atoms with E-state index >= 15 is 0 Å². The van der Waals surface area contributed by atoms with Crippen molar-refractivity contribution in [1.82, 2.24) is 14.7 Å². The van der Waals surface area contributed by atoms with Gasteiger partial charge in [-0.2, -0.15) is 0 Å². The summed E-state index contributed by atoms with van der Waals surface area (Å²) in [5.74, 6) is 0. The van der Waals surface area contributed by atoms with Gasteiger partial charge in [0.25, 0.3) is 0 Å². The van der Waals surface area contributed by atoms with Crippen LogP contribution in [0.25, 0.3) is 4.96 Å². The highest BCUT2D eigenvalue weighted by atomic mass is 32.1. The van der Waals surface area contributed by atoms with Crippen LogP contribution in [0.1, 0.15) is 30.4 Å². The molecule has 5 heteroatoms. The zero-order valence-corrected chi connectivity index (χ0v) is 11.3. The second-order valence-electron chi connectivity index (χ2n) is 4.31. The van der Waals surface area contributed by atoms with Gasteiger partial charge < -0.3 is 10.4 Å². The van der Waals surface area contributed by atoms with E-state index in [2.05, 4.69) is 33.9 Å². The van der Waals surface area contributed by atoms with E-state index in [0.29, 0.717) is 0 Å². The standard InChI is InChI=1S/C12H19N3OS/c1-4-10(6-16)13-5-11-9(3)14-12-15(11)8(2)7-17-12/h7,10,13,16H,4-6H2,1-3H3/t10-/m1/s1. The Balaban J connectivity index is 2.22. The van der Waals surface area contributed by atoms with E-state index in [1.54, 1.807) is 11.3 Å². The Bertz CT molecular complexity index is 499. The Morgan fingerprint density at radius 1 is 1.53 bits per heavy atom. The van der Waals surface area contributed by atoms with Crippen molar-refractivity contribution < 1.29 is 5.11 Å². The molecule has 0 bridgehead atoms. The number of imidazole rings is 1. The fraction of sp³-hybridized carbons (Fsp3) is 0.583. The number of hydrogen-bond donors (Lipinski definition) is 2. The first-order valence-electron chi connectivity index (χ1n) is 5.93. The molecule has 2 aromatic rings. The molecule has 94 valence electrons. The molecule has 1 atom stereocenters. The molecule has 0 saturated heterocycles. The normalized spacial score (nSPS) is 13.4. The molecule has 0 aliphatic rings. The van der Waals surface area contributed by atoms with Crippen LogP contribution in [0.5, 0.6) is 0 Å². The van der Waals surface area contributed by atoms with Gasteiger partial charge in [0, 0.05) is 23.7 Å². The van der Waals surface area contributed by atoms with E-state index in [0.717, 1.165) is 23.6 Å². The summed E-state index contributed by atoms with van der Waals surface area (Å²) in [4.78, 5) is 5.59. The van der Waals surface area contributed by atoms with Crippen LogP contribution in [0.3, 0.4) is 0 Å². The van der Waals surface area contributed by atoms with Crippen LogP contribution in [-0.2, 0) is 6.54 Å². The molecule has 2 N–H and O–H groups in total. The lowest BCUT2D eigenvalue weighted by Crippen LogP contribution is -2.31. The van der Waals surface area contributed by atoms with Gasteiger partial charge in [-0.3, -0.25) is 4.40 Å². The average molecular weight is 253 g/mol. The van der Waals surface area contributed by atoms with E-state index in [-0.39, 0.29) is 12.6 Å². The monoisotopic (exact) mass is 253 g/mol. The van der Waals surface area contributed by atoms with Gasteiger partial charge in [0.1, 0.15) is 0 Å². The zero-order chi connectivity index (χ0) is 12.4. The fourth-order valence-electron chi connectivity index (χ4n) is 1.95. The Hall–Kier alpha value is -0.910. The molecule has 0 aromatic carbocycles. The first-order valence-corrected chi connectivity index (χ1v) is 6.81. The summed E-state index contributed by atoms with van der Waals surface area (Å²) in [6, 6.07) is 0.166. The summed E-state index contributed by atoms with van der Waals surface area (Å²) in [7, 11) is 0. The maximum absolute atomic E-state index is 9.17. The van der Waals surface area contributed by atoms with Gasteiger partial charge in [0.15, 0.2) is 4.96 Å². The molecule has 2 aromatic heterocycles. The molecule has 0 spiro atoms. The molecule has 0 unspecified atom stereocenters. The first kappa shape index (κ1) is 12.5. The third-order valence-electron chi connectivity index (χ3n) is 3.10. The highest BCUT2D eigenvalue weighted by molar-refractivity contribution is 7.15. The number of nitrogens with one attached hydrogen (secondary N) is 1. The number of nitrogens with zero attached hydrogens (tertiary/aromatic N) is 2. The van der Waals surface area contributed by atoms with E-state index in [1.807, 2.05) is 6.92 Å². The zero-order valence-electron chi connectivity index (χ0n) is 10.5. The predicted molar refractivity (Wildman–Crippen MR) is 70.5 cm³/mol. The number of aliphatic hydroxyl groups excluding tert-OH is 1. The predicted octanol–water partition coefficient (Wildman–Crippen LogP) is 1.87. The Morgan fingerprint density at radius 2 is 2.29 bits per heavy atom. The molecule has 0 amide bonds. The topological polar surface area (TPSA) is 49.6 Å². The molecule has 2 heterocycles.